The van der Waals surface area contributed by atoms with Gasteiger partial charge in [0.2, 0.25) is 5.91 Å². The monoisotopic (exact) mass is 353 g/mol. The minimum atomic E-state index is -2.80. The topological polar surface area (TPSA) is 54.0 Å². The van der Waals surface area contributed by atoms with Gasteiger partial charge in [-0.2, -0.15) is 0 Å². The molecule has 1 atom stereocenters. The number of amides is 1. The molecule has 0 bridgehead atoms. The van der Waals surface area contributed by atoms with E-state index in [1.54, 1.807) is 6.20 Å². The molecule has 128 valence electrons. The first-order valence-electron chi connectivity index (χ1n) is 7.43. The van der Waals surface area contributed by atoms with E-state index in [9.17, 15) is 13.6 Å². The highest BCUT2D eigenvalue weighted by Gasteiger charge is 2.42. The second-order valence-electron chi connectivity index (χ2n) is 5.63. The average Bonchev–Trinajstić information content (AvgIpc) is 2.94. The van der Waals surface area contributed by atoms with Crippen molar-refractivity contribution in [3.8, 4) is 11.3 Å². The largest absolute Gasteiger partial charge is 0.351 e. The standard InChI is InChI=1S/C17H17F2N3O.ClH/c18-17(19)9-15(22-11-17)16(23)21-10-12-4-3-5-13(8-12)14-6-1-2-7-20-14;/h1-8,15,22H,9-11H2,(H,21,23);1H. The Hall–Kier alpha value is -2.05. The van der Waals surface area contributed by atoms with E-state index in [-0.39, 0.29) is 12.4 Å². The predicted molar refractivity (Wildman–Crippen MR) is 90.1 cm³/mol. The molecule has 7 heteroatoms. The van der Waals surface area contributed by atoms with Gasteiger partial charge in [0.25, 0.3) is 5.92 Å². The number of nitrogens with zero attached hydrogens (tertiary/aromatic N) is 1. The number of halogens is 3. The van der Waals surface area contributed by atoms with E-state index >= 15 is 0 Å². The van der Waals surface area contributed by atoms with Gasteiger partial charge in [-0.3, -0.25) is 15.1 Å². The SMILES string of the molecule is Cl.O=C(NCc1cccc(-c2ccccn2)c1)C1CC(F)(F)CN1. The molecule has 1 aliphatic rings. The molecule has 0 spiro atoms. The number of carbonyl (C=O) groups excluding carboxylic acids is 1. The lowest BCUT2D eigenvalue weighted by molar-refractivity contribution is -0.123. The summed E-state index contributed by atoms with van der Waals surface area (Å²) >= 11 is 0. The Balaban J connectivity index is 0.00000208. The van der Waals surface area contributed by atoms with Crippen molar-refractivity contribution in [3.63, 3.8) is 0 Å². The van der Waals surface area contributed by atoms with Crippen LogP contribution in [-0.4, -0.2) is 29.4 Å². The smallest absolute Gasteiger partial charge is 0.262 e. The third-order valence-electron chi connectivity index (χ3n) is 3.78. The van der Waals surface area contributed by atoms with Crippen LogP contribution in [0.5, 0.6) is 0 Å². The zero-order chi connectivity index (χ0) is 16.3. The number of hydrogen-bond donors (Lipinski definition) is 2. The van der Waals surface area contributed by atoms with E-state index in [0.717, 1.165) is 16.8 Å². The molecule has 2 aromatic rings. The van der Waals surface area contributed by atoms with Crippen LogP contribution in [0.4, 0.5) is 8.78 Å². The number of alkyl halides is 2. The molecule has 1 unspecified atom stereocenters. The molecule has 2 heterocycles. The molecule has 3 rings (SSSR count). The van der Waals surface area contributed by atoms with Crippen LogP contribution in [0.3, 0.4) is 0 Å². The molecular weight excluding hydrogens is 336 g/mol. The Morgan fingerprint density at radius 3 is 2.79 bits per heavy atom. The number of benzene rings is 1. The van der Waals surface area contributed by atoms with Gasteiger partial charge in [0, 0.05) is 24.7 Å². The zero-order valence-corrected chi connectivity index (χ0v) is 13.7. The van der Waals surface area contributed by atoms with Crippen molar-refractivity contribution in [3.05, 3.63) is 54.2 Å². The number of pyridine rings is 1. The fourth-order valence-corrected chi connectivity index (χ4v) is 2.59. The summed E-state index contributed by atoms with van der Waals surface area (Å²) in [5, 5.41) is 5.25. The summed E-state index contributed by atoms with van der Waals surface area (Å²) < 4.78 is 26.2. The first kappa shape index (κ1) is 18.3. The maximum absolute atomic E-state index is 13.1. The molecule has 24 heavy (non-hydrogen) atoms. The fraction of sp³-hybridized carbons (Fsp3) is 0.294. The zero-order valence-electron chi connectivity index (χ0n) is 12.8. The molecule has 1 fully saturated rings. The Labute approximate surface area is 145 Å². The Kier molecular flexibility index (Phi) is 5.85. The van der Waals surface area contributed by atoms with Crippen LogP contribution in [0.1, 0.15) is 12.0 Å². The predicted octanol–water partition coefficient (Wildman–Crippen LogP) is 2.78. The van der Waals surface area contributed by atoms with Gasteiger partial charge in [0.05, 0.1) is 18.3 Å². The Morgan fingerprint density at radius 2 is 2.12 bits per heavy atom. The molecule has 1 aliphatic heterocycles. The van der Waals surface area contributed by atoms with Gasteiger partial charge in [-0.05, 0) is 23.8 Å². The first-order chi connectivity index (χ1) is 11.0. The third kappa shape index (κ3) is 4.49. The number of aromatic nitrogens is 1. The van der Waals surface area contributed by atoms with Crippen LogP contribution < -0.4 is 10.6 Å². The van der Waals surface area contributed by atoms with Gasteiger partial charge in [0.15, 0.2) is 0 Å². The van der Waals surface area contributed by atoms with Crippen LogP contribution in [0.2, 0.25) is 0 Å². The van der Waals surface area contributed by atoms with Gasteiger partial charge in [0.1, 0.15) is 0 Å². The molecule has 0 saturated carbocycles. The van der Waals surface area contributed by atoms with Gasteiger partial charge >= 0.3 is 0 Å². The van der Waals surface area contributed by atoms with E-state index in [1.807, 2.05) is 42.5 Å². The molecule has 0 aliphatic carbocycles. The van der Waals surface area contributed by atoms with Crippen molar-refractivity contribution in [2.45, 2.75) is 24.9 Å². The van der Waals surface area contributed by atoms with E-state index in [2.05, 4.69) is 15.6 Å². The van der Waals surface area contributed by atoms with E-state index in [4.69, 9.17) is 0 Å². The van der Waals surface area contributed by atoms with Gasteiger partial charge < -0.3 is 5.32 Å². The highest BCUT2D eigenvalue weighted by atomic mass is 35.5. The second kappa shape index (κ2) is 7.68. The first-order valence-corrected chi connectivity index (χ1v) is 7.43. The van der Waals surface area contributed by atoms with Crippen molar-refractivity contribution in [1.29, 1.82) is 0 Å². The number of rotatable bonds is 4. The number of nitrogens with one attached hydrogen (secondary N) is 2. The van der Waals surface area contributed by atoms with Crippen LogP contribution >= 0.6 is 12.4 Å². The van der Waals surface area contributed by atoms with E-state index < -0.39 is 30.8 Å². The van der Waals surface area contributed by atoms with E-state index in [0.29, 0.717) is 6.54 Å². The Bertz CT molecular complexity index is 697. The van der Waals surface area contributed by atoms with Crippen molar-refractivity contribution in [2.24, 2.45) is 0 Å². The van der Waals surface area contributed by atoms with Crippen LogP contribution in [0, 0.1) is 0 Å². The quantitative estimate of drug-likeness (QED) is 0.888. The molecular formula is C17H18ClF2N3O. The molecule has 0 radical (unpaired) electrons. The van der Waals surface area contributed by atoms with Crippen LogP contribution in [0.25, 0.3) is 11.3 Å². The van der Waals surface area contributed by atoms with Gasteiger partial charge in [-0.25, -0.2) is 8.78 Å². The van der Waals surface area contributed by atoms with Crippen LogP contribution in [0.15, 0.2) is 48.7 Å². The Morgan fingerprint density at radius 1 is 1.29 bits per heavy atom. The van der Waals surface area contributed by atoms with Gasteiger partial charge in [-0.15, -0.1) is 12.4 Å². The van der Waals surface area contributed by atoms with Crippen molar-refractivity contribution in [2.75, 3.05) is 6.54 Å². The molecule has 1 amide bonds. The third-order valence-corrected chi connectivity index (χ3v) is 3.78. The van der Waals surface area contributed by atoms with Crippen LogP contribution in [-0.2, 0) is 11.3 Å². The number of carbonyl (C=O) groups is 1. The van der Waals surface area contributed by atoms with E-state index in [1.165, 1.54) is 0 Å². The fourth-order valence-electron chi connectivity index (χ4n) is 2.59. The number of hydrogen-bond acceptors (Lipinski definition) is 3. The minimum absolute atomic E-state index is 0. The summed E-state index contributed by atoms with van der Waals surface area (Å²) in [6, 6.07) is 12.5. The molecule has 2 N–H and O–H groups in total. The second-order valence-corrected chi connectivity index (χ2v) is 5.63. The summed E-state index contributed by atoms with van der Waals surface area (Å²) in [6.45, 7) is -0.149. The average molecular weight is 354 g/mol. The summed E-state index contributed by atoms with van der Waals surface area (Å²) in [5.74, 6) is -3.20. The molecule has 1 saturated heterocycles. The molecule has 1 aromatic carbocycles. The highest BCUT2D eigenvalue weighted by molar-refractivity contribution is 5.85. The normalized spacial score (nSPS) is 18.7. The lowest BCUT2D eigenvalue weighted by Crippen LogP contribution is -2.40. The van der Waals surface area contributed by atoms with Crippen molar-refractivity contribution in [1.82, 2.24) is 15.6 Å². The summed E-state index contributed by atoms with van der Waals surface area (Å²) in [5.41, 5.74) is 2.69. The van der Waals surface area contributed by atoms with Gasteiger partial charge in [-0.1, -0.05) is 24.3 Å². The molecule has 4 nitrogen and oxygen atoms in total. The minimum Gasteiger partial charge on any atom is -0.351 e. The summed E-state index contributed by atoms with van der Waals surface area (Å²) in [6.07, 6.45) is 1.27. The highest BCUT2D eigenvalue weighted by Crippen LogP contribution is 2.25. The maximum Gasteiger partial charge on any atom is 0.262 e. The maximum atomic E-state index is 13.1. The lowest BCUT2D eigenvalue weighted by Gasteiger charge is -2.12. The summed E-state index contributed by atoms with van der Waals surface area (Å²) in [4.78, 5) is 16.2. The summed E-state index contributed by atoms with van der Waals surface area (Å²) in [7, 11) is 0. The molecule has 1 aromatic heterocycles. The van der Waals surface area contributed by atoms with Crippen molar-refractivity contribution < 1.29 is 13.6 Å². The lowest BCUT2D eigenvalue weighted by atomic mass is 10.1. The van der Waals surface area contributed by atoms with Crippen molar-refractivity contribution >= 4 is 18.3 Å².